The predicted molar refractivity (Wildman–Crippen MR) is 73.9 cm³/mol. The molecule has 84 valence electrons. The van der Waals surface area contributed by atoms with Crippen LogP contribution in [0.1, 0.15) is 50.7 Å². The molecule has 0 N–H and O–H groups in total. The van der Waals surface area contributed by atoms with E-state index < -0.39 is 0 Å². The molecule has 0 atom stereocenters. The zero-order valence-corrected chi connectivity index (χ0v) is 12.3. The molecule has 0 fully saturated rings. The van der Waals surface area contributed by atoms with E-state index in [2.05, 4.69) is 62.4 Å². The van der Waals surface area contributed by atoms with Gasteiger partial charge in [0.1, 0.15) is 5.75 Å². The van der Waals surface area contributed by atoms with Crippen molar-refractivity contribution in [1.82, 2.24) is 0 Å². The summed E-state index contributed by atoms with van der Waals surface area (Å²) in [4.78, 5) is 0. The van der Waals surface area contributed by atoms with E-state index in [1.165, 1.54) is 14.7 Å². The Morgan fingerprint density at radius 3 is 2.07 bits per heavy atom. The van der Waals surface area contributed by atoms with E-state index in [0.29, 0.717) is 11.8 Å². The van der Waals surface area contributed by atoms with Crippen molar-refractivity contribution in [3.05, 3.63) is 26.8 Å². The van der Waals surface area contributed by atoms with Crippen LogP contribution < -0.4 is 4.74 Å². The summed E-state index contributed by atoms with van der Waals surface area (Å²) in [6.45, 7) is 8.86. The lowest BCUT2D eigenvalue weighted by molar-refractivity contribution is 0.404. The maximum absolute atomic E-state index is 5.46. The smallest absolute Gasteiger partial charge is 0.135 e. The molecular formula is C13H19IO. The first-order chi connectivity index (χ1) is 6.97. The van der Waals surface area contributed by atoms with Gasteiger partial charge in [-0.2, -0.15) is 0 Å². The third kappa shape index (κ3) is 2.86. The molecule has 0 unspecified atom stereocenters. The van der Waals surface area contributed by atoms with Gasteiger partial charge in [-0.25, -0.2) is 0 Å². The zero-order valence-electron chi connectivity index (χ0n) is 10.1. The normalized spacial score (nSPS) is 11.2. The van der Waals surface area contributed by atoms with E-state index in [1.807, 2.05) is 0 Å². The van der Waals surface area contributed by atoms with Crippen LogP contribution in [0.3, 0.4) is 0 Å². The first-order valence-electron chi connectivity index (χ1n) is 5.34. The van der Waals surface area contributed by atoms with Crippen LogP contribution in [0.4, 0.5) is 0 Å². The third-order valence-corrected chi connectivity index (χ3v) is 3.39. The number of halogens is 1. The Hall–Kier alpha value is -0.250. The lowest BCUT2D eigenvalue weighted by Crippen LogP contribution is -2.00. The molecule has 0 saturated carbocycles. The molecule has 0 amide bonds. The van der Waals surface area contributed by atoms with Gasteiger partial charge in [0.05, 0.1) is 10.7 Å². The minimum Gasteiger partial charge on any atom is -0.495 e. The van der Waals surface area contributed by atoms with Gasteiger partial charge in [-0.15, -0.1) is 0 Å². The molecule has 0 saturated heterocycles. The minimum absolute atomic E-state index is 0.507. The molecule has 0 spiro atoms. The summed E-state index contributed by atoms with van der Waals surface area (Å²) in [7, 11) is 1.75. The summed E-state index contributed by atoms with van der Waals surface area (Å²) in [5.74, 6) is 2.11. The monoisotopic (exact) mass is 318 g/mol. The number of methoxy groups -OCH3 is 1. The molecule has 0 aromatic heterocycles. The van der Waals surface area contributed by atoms with Crippen molar-refractivity contribution in [3.8, 4) is 5.75 Å². The van der Waals surface area contributed by atoms with E-state index in [-0.39, 0.29) is 0 Å². The second kappa shape index (κ2) is 5.19. The van der Waals surface area contributed by atoms with Gasteiger partial charge in [0.25, 0.3) is 0 Å². The van der Waals surface area contributed by atoms with E-state index in [4.69, 9.17) is 4.74 Å². The van der Waals surface area contributed by atoms with Crippen LogP contribution in [0.25, 0.3) is 0 Å². The number of benzene rings is 1. The molecule has 0 radical (unpaired) electrons. The lowest BCUT2D eigenvalue weighted by Gasteiger charge is -2.17. The van der Waals surface area contributed by atoms with Crippen LogP contribution in [0.15, 0.2) is 12.1 Å². The molecule has 1 aromatic rings. The number of hydrogen-bond donors (Lipinski definition) is 0. The van der Waals surface area contributed by atoms with Crippen LogP contribution in [0.2, 0.25) is 0 Å². The fourth-order valence-corrected chi connectivity index (χ4v) is 2.51. The van der Waals surface area contributed by atoms with Gasteiger partial charge in [0.15, 0.2) is 0 Å². The molecule has 15 heavy (non-hydrogen) atoms. The van der Waals surface area contributed by atoms with Gasteiger partial charge < -0.3 is 4.74 Å². The Morgan fingerprint density at radius 2 is 1.67 bits per heavy atom. The fourth-order valence-electron chi connectivity index (χ4n) is 1.61. The summed E-state index contributed by atoms with van der Waals surface area (Å²) in [5.41, 5.74) is 2.71. The standard InChI is InChI=1S/C13H19IO/c1-8(2)10-6-11(9(3)4)13(15-5)12(14)7-10/h6-9H,1-5H3. The highest BCUT2D eigenvalue weighted by Gasteiger charge is 2.13. The Balaban J connectivity index is 3.32. The highest BCUT2D eigenvalue weighted by Crippen LogP contribution is 2.34. The molecule has 1 nitrogen and oxygen atoms in total. The fraction of sp³-hybridized carbons (Fsp3) is 0.538. The Morgan fingerprint density at radius 1 is 1.07 bits per heavy atom. The highest BCUT2D eigenvalue weighted by atomic mass is 127. The predicted octanol–water partition coefficient (Wildman–Crippen LogP) is 4.55. The minimum atomic E-state index is 0.507. The first-order valence-corrected chi connectivity index (χ1v) is 6.42. The van der Waals surface area contributed by atoms with Crippen molar-refractivity contribution >= 4 is 22.6 Å². The van der Waals surface area contributed by atoms with Crippen LogP contribution >= 0.6 is 22.6 Å². The van der Waals surface area contributed by atoms with Gasteiger partial charge in [-0.3, -0.25) is 0 Å². The van der Waals surface area contributed by atoms with Crippen molar-refractivity contribution in [1.29, 1.82) is 0 Å². The van der Waals surface area contributed by atoms with Crippen LogP contribution in [0.5, 0.6) is 5.75 Å². The van der Waals surface area contributed by atoms with Gasteiger partial charge in [0.2, 0.25) is 0 Å². The largest absolute Gasteiger partial charge is 0.495 e. The molecule has 0 heterocycles. The van der Waals surface area contributed by atoms with Crippen molar-refractivity contribution in [3.63, 3.8) is 0 Å². The second-order valence-electron chi connectivity index (χ2n) is 4.43. The van der Waals surface area contributed by atoms with Gasteiger partial charge in [-0.1, -0.05) is 33.8 Å². The topological polar surface area (TPSA) is 9.23 Å². The van der Waals surface area contributed by atoms with Crippen molar-refractivity contribution < 1.29 is 4.74 Å². The van der Waals surface area contributed by atoms with Crippen molar-refractivity contribution in [2.45, 2.75) is 39.5 Å². The van der Waals surface area contributed by atoms with Gasteiger partial charge in [0, 0.05) is 0 Å². The van der Waals surface area contributed by atoms with E-state index in [9.17, 15) is 0 Å². The maximum atomic E-state index is 5.46. The zero-order chi connectivity index (χ0) is 11.6. The van der Waals surface area contributed by atoms with Crippen LogP contribution in [-0.2, 0) is 0 Å². The molecule has 0 aliphatic rings. The summed E-state index contributed by atoms with van der Waals surface area (Å²) < 4.78 is 6.68. The number of ether oxygens (including phenoxy) is 1. The summed E-state index contributed by atoms with van der Waals surface area (Å²) >= 11 is 2.35. The quantitative estimate of drug-likeness (QED) is 0.743. The third-order valence-electron chi connectivity index (χ3n) is 2.59. The molecule has 0 aliphatic heterocycles. The van der Waals surface area contributed by atoms with Crippen LogP contribution in [-0.4, -0.2) is 7.11 Å². The average molecular weight is 318 g/mol. The highest BCUT2D eigenvalue weighted by molar-refractivity contribution is 14.1. The average Bonchev–Trinajstić information content (AvgIpc) is 2.16. The van der Waals surface area contributed by atoms with Crippen molar-refractivity contribution in [2.75, 3.05) is 7.11 Å². The molecule has 2 heteroatoms. The first kappa shape index (κ1) is 12.8. The van der Waals surface area contributed by atoms with E-state index in [0.717, 1.165) is 5.75 Å². The maximum Gasteiger partial charge on any atom is 0.135 e. The molecule has 0 bridgehead atoms. The van der Waals surface area contributed by atoms with Gasteiger partial charge in [-0.05, 0) is 51.6 Å². The Bertz CT molecular complexity index is 343. The SMILES string of the molecule is COc1c(I)cc(C(C)C)cc1C(C)C. The van der Waals surface area contributed by atoms with Crippen LogP contribution in [0, 0.1) is 3.57 Å². The molecule has 1 aromatic carbocycles. The van der Waals surface area contributed by atoms with Gasteiger partial charge >= 0.3 is 0 Å². The lowest BCUT2D eigenvalue weighted by atomic mass is 9.95. The van der Waals surface area contributed by atoms with Crippen molar-refractivity contribution in [2.24, 2.45) is 0 Å². The summed E-state index contributed by atoms with van der Waals surface area (Å²) in [6.07, 6.45) is 0. The number of hydrogen-bond acceptors (Lipinski definition) is 1. The summed E-state index contributed by atoms with van der Waals surface area (Å²) in [6, 6.07) is 4.49. The Labute approximate surface area is 106 Å². The second-order valence-corrected chi connectivity index (χ2v) is 5.60. The summed E-state index contributed by atoms with van der Waals surface area (Å²) in [5, 5.41) is 0. The Kier molecular flexibility index (Phi) is 4.44. The molecule has 0 aliphatic carbocycles. The molecule has 1 rings (SSSR count). The van der Waals surface area contributed by atoms with E-state index >= 15 is 0 Å². The molecular weight excluding hydrogens is 299 g/mol. The number of rotatable bonds is 3. The van der Waals surface area contributed by atoms with E-state index in [1.54, 1.807) is 7.11 Å².